The van der Waals surface area contributed by atoms with E-state index in [1.807, 2.05) is 0 Å². The Labute approximate surface area is 141 Å². The average Bonchev–Trinajstić information content (AvgIpc) is 2.98. The van der Waals surface area contributed by atoms with Crippen molar-refractivity contribution in [3.8, 4) is 0 Å². The molecule has 0 saturated carbocycles. The zero-order chi connectivity index (χ0) is 18.0. The summed E-state index contributed by atoms with van der Waals surface area (Å²) in [6.07, 6.45) is -1.24. The van der Waals surface area contributed by atoms with Gasteiger partial charge in [0.25, 0.3) is 0 Å². The highest BCUT2D eigenvalue weighted by atomic mass is 19.4. The van der Waals surface area contributed by atoms with Crippen molar-refractivity contribution in [2.75, 3.05) is 18.5 Å². The van der Waals surface area contributed by atoms with E-state index < -0.39 is 17.7 Å². The molecule has 0 aliphatic carbocycles. The molecule has 0 atom stereocenters. The summed E-state index contributed by atoms with van der Waals surface area (Å²) < 4.78 is 46.8. The van der Waals surface area contributed by atoms with Crippen molar-refractivity contribution in [2.24, 2.45) is 12.0 Å². The topological polar surface area (TPSA) is 68.5 Å². The predicted molar refractivity (Wildman–Crippen MR) is 84.3 cm³/mol. The first-order chi connectivity index (χ1) is 11.8. The van der Waals surface area contributed by atoms with Crippen molar-refractivity contribution >= 4 is 17.4 Å². The lowest BCUT2D eigenvalue weighted by Crippen LogP contribution is -2.24. The van der Waals surface area contributed by atoms with Gasteiger partial charge in [-0.25, -0.2) is 4.98 Å². The maximum Gasteiger partial charge on any atom is 0.418 e. The molecule has 1 aliphatic heterocycles. The van der Waals surface area contributed by atoms with Gasteiger partial charge in [-0.05, 0) is 17.7 Å². The molecular weight excluding hydrogens is 337 g/mol. The van der Waals surface area contributed by atoms with Gasteiger partial charge >= 0.3 is 12.1 Å². The first kappa shape index (κ1) is 17.0. The minimum absolute atomic E-state index is 0.0485. The number of carbonyl (C=O) groups excluding carboxylic acids is 1. The van der Waals surface area contributed by atoms with Crippen molar-refractivity contribution in [2.45, 2.75) is 12.7 Å². The molecule has 0 unspecified atom stereocenters. The molecule has 1 N–H and O–H groups in total. The zero-order valence-corrected chi connectivity index (χ0v) is 13.3. The summed E-state index contributed by atoms with van der Waals surface area (Å²) in [4.78, 5) is 19.1. The van der Waals surface area contributed by atoms with Gasteiger partial charge in [0.15, 0.2) is 0 Å². The largest absolute Gasteiger partial charge is 0.458 e. The summed E-state index contributed by atoms with van der Waals surface area (Å²) in [6.45, 7) is -0.156. The van der Waals surface area contributed by atoms with E-state index in [4.69, 9.17) is 4.74 Å². The SMILES string of the molecule is Cn1ccnc1CNc1ccc(C2=NCC(=O)OC2)cc1C(F)(F)F. The van der Waals surface area contributed by atoms with Crippen LogP contribution < -0.4 is 5.32 Å². The molecule has 25 heavy (non-hydrogen) atoms. The second-order valence-corrected chi connectivity index (χ2v) is 5.49. The number of hydrogen-bond donors (Lipinski definition) is 1. The second-order valence-electron chi connectivity index (χ2n) is 5.49. The van der Waals surface area contributed by atoms with Gasteiger partial charge in [0.1, 0.15) is 19.0 Å². The Bertz CT molecular complexity index is 827. The molecule has 132 valence electrons. The number of aryl methyl sites for hydroxylation is 1. The van der Waals surface area contributed by atoms with Crippen LogP contribution in [0.2, 0.25) is 0 Å². The number of halogens is 3. The number of imidazole rings is 1. The van der Waals surface area contributed by atoms with E-state index in [0.29, 0.717) is 11.5 Å². The first-order valence-electron chi connectivity index (χ1n) is 7.45. The Morgan fingerprint density at radius 2 is 2.16 bits per heavy atom. The smallest absolute Gasteiger partial charge is 0.418 e. The van der Waals surface area contributed by atoms with Crippen LogP contribution in [0.3, 0.4) is 0 Å². The number of esters is 1. The number of ether oxygens (including phenoxy) is 1. The van der Waals surface area contributed by atoms with Crippen LogP contribution in [-0.2, 0) is 29.3 Å². The van der Waals surface area contributed by atoms with Gasteiger partial charge in [-0.2, -0.15) is 13.2 Å². The number of benzene rings is 1. The van der Waals surface area contributed by atoms with E-state index in [-0.39, 0.29) is 30.9 Å². The molecule has 1 aromatic carbocycles. The second kappa shape index (κ2) is 6.58. The summed E-state index contributed by atoms with van der Waals surface area (Å²) in [5, 5.41) is 2.77. The number of nitrogens with one attached hydrogen (secondary N) is 1. The number of aromatic nitrogens is 2. The summed E-state index contributed by atoms with van der Waals surface area (Å²) >= 11 is 0. The van der Waals surface area contributed by atoms with E-state index in [1.54, 1.807) is 24.0 Å². The Hall–Kier alpha value is -2.84. The number of nitrogens with zero attached hydrogens (tertiary/aromatic N) is 3. The fraction of sp³-hybridized carbons (Fsp3) is 0.312. The molecular formula is C16H15F3N4O2. The van der Waals surface area contributed by atoms with Gasteiger partial charge < -0.3 is 14.6 Å². The standard InChI is InChI=1S/C16H15F3N4O2/c1-23-5-4-20-14(23)7-21-12-3-2-10(6-11(12)16(17,18)19)13-9-25-15(24)8-22-13/h2-6,21H,7-9H2,1H3. The molecule has 6 nitrogen and oxygen atoms in total. The van der Waals surface area contributed by atoms with Crippen LogP contribution in [-0.4, -0.2) is 34.4 Å². The molecule has 0 fully saturated rings. The molecule has 1 aliphatic rings. The third-order valence-electron chi connectivity index (χ3n) is 3.79. The van der Waals surface area contributed by atoms with Gasteiger partial charge in [0.05, 0.1) is 17.8 Å². The third kappa shape index (κ3) is 3.81. The van der Waals surface area contributed by atoms with E-state index in [9.17, 15) is 18.0 Å². The monoisotopic (exact) mass is 352 g/mol. The fourth-order valence-electron chi connectivity index (χ4n) is 2.43. The number of cyclic esters (lactones) is 1. The summed E-state index contributed by atoms with van der Waals surface area (Å²) in [7, 11) is 1.76. The minimum atomic E-state index is -4.54. The van der Waals surface area contributed by atoms with E-state index >= 15 is 0 Å². The molecule has 3 rings (SSSR count). The van der Waals surface area contributed by atoms with Crippen LogP contribution in [0.15, 0.2) is 35.6 Å². The number of aliphatic imine (C=N–C) groups is 1. The van der Waals surface area contributed by atoms with Crippen LogP contribution in [0, 0.1) is 0 Å². The lowest BCUT2D eigenvalue weighted by molar-refractivity contribution is -0.141. The maximum absolute atomic E-state index is 13.4. The number of rotatable bonds is 4. The first-order valence-corrected chi connectivity index (χ1v) is 7.45. The van der Waals surface area contributed by atoms with Crippen molar-refractivity contribution in [3.05, 3.63) is 47.5 Å². The van der Waals surface area contributed by atoms with Crippen LogP contribution in [0.4, 0.5) is 18.9 Å². The summed E-state index contributed by atoms with van der Waals surface area (Å²) in [5.74, 6) is 0.119. The zero-order valence-electron chi connectivity index (χ0n) is 13.3. The number of anilines is 1. The third-order valence-corrected chi connectivity index (χ3v) is 3.79. The minimum Gasteiger partial charge on any atom is -0.458 e. The highest BCUT2D eigenvalue weighted by molar-refractivity contribution is 6.04. The summed E-state index contributed by atoms with van der Waals surface area (Å²) in [6, 6.07) is 3.88. The lowest BCUT2D eigenvalue weighted by atomic mass is 10.0. The fourth-order valence-corrected chi connectivity index (χ4v) is 2.43. The highest BCUT2D eigenvalue weighted by Gasteiger charge is 2.34. The average molecular weight is 352 g/mol. The van der Waals surface area contributed by atoms with Crippen molar-refractivity contribution in [1.82, 2.24) is 9.55 Å². The quantitative estimate of drug-likeness (QED) is 0.858. The number of carbonyl (C=O) groups is 1. The van der Waals surface area contributed by atoms with E-state index in [2.05, 4.69) is 15.3 Å². The van der Waals surface area contributed by atoms with Gasteiger partial charge in [-0.15, -0.1) is 0 Å². The molecule has 0 bridgehead atoms. The summed E-state index contributed by atoms with van der Waals surface area (Å²) in [5.41, 5.74) is -0.255. The van der Waals surface area contributed by atoms with Crippen molar-refractivity contribution < 1.29 is 22.7 Å². The van der Waals surface area contributed by atoms with Crippen molar-refractivity contribution in [1.29, 1.82) is 0 Å². The molecule has 2 heterocycles. The van der Waals surface area contributed by atoms with E-state index in [0.717, 1.165) is 6.07 Å². The molecule has 1 aromatic heterocycles. The molecule has 2 aromatic rings. The number of alkyl halides is 3. The lowest BCUT2D eigenvalue weighted by Gasteiger charge is -2.18. The predicted octanol–water partition coefficient (Wildman–Crippen LogP) is 2.40. The molecule has 0 radical (unpaired) electrons. The van der Waals surface area contributed by atoms with Crippen LogP contribution in [0.5, 0.6) is 0 Å². The van der Waals surface area contributed by atoms with Gasteiger partial charge in [0, 0.05) is 25.1 Å². The van der Waals surface area contributed by atoms with Gasteiger partial charge in [0.2, 0.25) is 0 Å². The molecule has 0 amide bonds. The molecule has 0 spiro atoms. The van der Waals surface area contributed by atoms with Gasteiger partial charge in [-0.3, -0.25) is 9.79 Å². The van der Waals surface area contributed by atoms with Crippen LogP contribution >= 0.6 is 0 Å². The maximum atomic E-state index is 13.4. The van der Waals surface area contributed by atoms with Crippen molar-refractivity contribution in [3.63, 3.8) is 0 Å². The Kier molecular flexibility index (Phi) is 4.47. The van der Waals surface area contributed by atoms with Gasteiger partial charge in [-0.1, -0.05) is 6.07 Å². The van der Waals surface area contributed by atoms with Crippen LogP contribution in [0.1, 0.15) is 17.0 Å². The normalized spacial score (nSPS) is 14.9. The Balaban J connectivity index is 1.88. The number of hydrogen-bond acceptors (Lipinski definition) is 5. The van der Waals surface area contributed by atoms with Crippen LogP contribution in [0.25, 0.3) is 0 Å². The van der Waals surface area contributed by atoms with E-state index in [1.165, 1.54) is 12.1 Å². The Morgan fingerprint density at radius 1 is 1.36 bits per heavy atom. The molecule has 0 saturated heterocycles. The Morgan fingerprint density at radius 3 is 2.76 bits per heavy atom. The molecule has 9 heteroatoms. The highest BCUT2D eigenvalue weighted by Crippen LogP contribution is 2.36.